The summed E-state index contributed by atoms with van der Waals surface area (Å²) in [5.41, 5.74) is 1.76. The van der Waals surface area contributed by atoms with Crippen molar-refractivity contribution in [2.75, 3.05) is 14.2 Å². The average molecular weight is 521 g/mol. The summed E-state index contributed by atoms with van der Waals surface area (Å²) < 4.78 is 10.7. The van der Waals surface area contributed by atoms with Crippen LogP contribution in [0.3, 0.4) is 0 Å². The molecule has 8 heteroatoms. The van der Waals surface area contributed by atoms with E-state index >= 15 is 0 Å². The van der Waals surface area contributed by atoms with Crippen molar-refractivity contribution in [3.63, 3.8) is 0 Å². The third kappa shape index (κ3) is 7.52. The number of nitrogens with zero attached hydrogens (tertiary/aromatic N) is 1. The Bertz CT molecular complexity index is 1020. The predicted molar refractivity (Wildman–Crippen MR) is 139 cm³/mol. The van der Waals surface area contributed by atoms with E-state index in [9.17, 15) is 9.59 Å². The summed E-state index contributed by atoms with van der Waals surface area (Å²) in [6.45, 7) is 2.05. The number of rotatable bonds is 10. The second kappa shape index (κ2) is 13.0. The van der Waals surface area contributed by atoms with E-state index in [1.807, 2.05) is 24.3 Å². The van der Waals surface area contributed by atoms with Gasteiger partial charge in [0, 0.05) is 19.0 Å². The molecule has 2 aromatic rings. The first-order chi connectivity index (χ1) is 16.8. The van der Waals surface area contributed by atoms with E-state index in [1.54, 1.807) is 38.2 Å². The molecule has 1 saturated carbocycles. The van der Waals surface area contributed by atoms with Crippen LogP contribution in [-0.4, -0.2) is 43.0 Å². The molecule has 1 atom stereocenters. The van der Waals surface area contributed by atoms with Gasteiger partial charge in [-0.25, -0.2) is 0 Å². The molecule has 2 aromatic carbocycles. The number of hydrogen-bond acceptors (Lipinski definition) is 4. The van der Waals surface area contributed by atoms with Crippen molar-refractivity contribution >= 4 is 35.0 Å². The van der Waals surface area contributed by atoms with Crippen LogP contribution < -0.4 is 14.8 Å². The zero-order valence-corrected chi connectivity index (χ0v) is 22.1. The molecule has 2 amide bonds. The van der Waals surface area contributed by atoms with Gasteiger partial charge in [-0.15, -0.1) is 0 Å². The van der Waals surface area contributed by atoms with E-state index in [4.69, 9.17) is 32.7 Å². The highest BCUT2D eigenvalue weighted by Crippen LogP contribution is 2.28. The molecule has 0 spiro atoms. The number of carbonyl (C=O) groups excluding carboxylic acids is 2. The second-order valence-corrected chi connectivity index (χ2v) is 9.79. The minimum absolute atomic E-state index is 0.114. The highest BCUT2D eigenvalue weighted by molar-refractivity contribution is 6.42. The van der Waals surface area contributed by atoms with Crippen LogP contribution in [0.5, 0.6) is 11.5 Å². The summed E-state index contributed by atoms with van der Waals surface area (Å²) in [5.74, 6) is 1.01. The first-order valence-corrected chi connectivity index (χ1v) is 12.8. The molecule has 1 N–H and O–H groups in total. The summed E-state index contributed by atoms with van der Waals surface area (Å²) in [6, 6.07) is 10.4. The van der Waals surface area contributed by atoms with Gasteiger partial charge in [-0.1, -0.05) is 54.6 Å². The minimum Gasteiger partial charge on any atom is -0.493 e. The molecule has 0 saturated heterocycles. The van der Waals surface area contributed by atoms with Gasteiger partial charge in [0.2, 0.25) is 11.8 Å². The Morgan fingerprint density at radius 2 is 1.66 bits per heavy atom. The Hall–Kier alpha value is -2.44. The third-order valence-corrected chi connectivity index (χ3v) is 7.27. The van der Waals surface area contributed by atoms with Crippen LogP contribution >= 0.6 is 23.2 Å². The van der Waals surface area contributed by atoms with Crippen molar-refractivity contribution in [3.8, 4) is 11.5 Å². The molecule has 1 aliphatic carbocycles. The molecule has 0 heterocycles. The fraction of sp³-hybridized carbons (Fsp3) is 0.481. The van der Waals surface area contributed by atoms with Gasteiger partial charge in [-0.3, -0.25) is 9.59 Å². The Balaban J connectivity index is 1.74. The number of hydrogen-bond donors (Lipinski definition) is 1. The summed E-state index contributed by atoms with van der Waals surface area (Å²) in [5, 5.41) is 4.02. The van der Waals surface area contributed by atoms with Crippen molar-refractivity contribution in [2.45, 2.75) is 70.5 Å². The molecular weight excluding hydrogens is 487 g/mol. The summed E-state index contributed by atoms with van der Waals surface area (Å²) in [6.07, 6.45) is 6.18. The van der Waals surface area contributed by atoms with E-state index in [1.165, 1.54) is 6.42 Å². The summed E-state index contributed by atoms with van der Waals surface area (Å²) in [4.78, 5) is 28.2. The zero-order chi connectivity index (χ0) is 25.4. The van der Waals surface area contributed by atoms with Crippen LogP contribution in [0.25, 0.3) is 0 Å². The fourth-order valence-corrected chi connectivity index (χ4v) is 4.74. The fourth-order valence-electron chi connectivity index (χ4n) is 4.42. The Morgan fingerprint density at radius 3 is 2.31 bits per heavy atom. The molecule has 0 aromatic heterocycles. The lowest BCUT2D eigenvalue weighted by Crippen LogP contribution is -2.50. The smallest absolute Gasteiger partial charge is 0.242 e. The molecule has 3 rings (SSSR count). The van der Waals surface area contributed by atoms with Crippen molar-refractivity contribution < 1.29 is 19.1 Å². The second-order valence-electron chi connectivity index (χ2n) is 8.98. The number of nitrogens with one attached hydrogen (secondary N) is 1. The minimum atomic E-state index is -0.621. The molecule has 6 nitrogen and oxygen atoms in total. The third-order valence-electron chi connectivity index (χ3n) is 6.53. The molecule has 0 unspecified atom stereocenters. The van der Waals surface area contributed by atoms with Crippen LogP contribution in [0.2, 0.25) is 10.0 Å². The average Bonchev–Trinajstić information content (AvgIpc) is 2.87. The number of amides is 2. The predicted octanol–water partition coefficient (Wildman–Crippen LogP) is 5.81. The largest absolute Gasteiger partial charge is 0.493 e. The molecule has 190 valence electrons. The number of carbonyl (C=O) groups is 2. The Labute approximate surface area is 217 Å². The number of methoxy groups -OCH3 is 2. The molecule has 1 aliphatic rings. The Kier molecular flexibility index (Phi) is 10.1. The van der Waals surface area contributed by atoms with Crippen molar-refractivity contribution in [1.82, 2.24) is 10.2 Å². The van der Waals surface area contributed by atoms with Gasteiger partial charge in [-0.2, -0.15) is 0 Å². The van der Waals surface area contributed by atoms with Gasteiger partial charge >= 0.3 is 0 Å². The quantitative estimate of drug-likeness (QED) is 0.429. The van der Waals surface area contributed by atoms with Crippen LogP contribution in [0.1, 0.15) is 56.6 Å². The van der Waals surface area contributed by atoms with Crippen molar-refractivity contribution in [1.29, 1.82) is 0 Å². The van der Waals surface area contributed by atoms with Gasteiger partial charge in [0.25, 0.3) is 0 Å². The van der Waals surface area contributed by atoms with Crippen molar-refractivity contribution in [3.05, 3.63) is 57.6 Å². The summed E-state index contributed by atoms with van der Waals surface area (Å²) in [7, 11) is 3.17. The lowest BCUT2D eigenvalue weighted by molar-refractivity contribution is -0.141. The topological polar surface area (TPSA) is 67.9 Å². The number of benzene rings is 2. The Morgan fingerprint density at radius 1 is 0.971 bits per heavy atom. The lowest BCUT2D eigenvalue weighted by atomic mass is 9.95. The number of halogens is 2. The maximum absolute atomic E-state index is 13.4. The number of ether oxygens (including phenoxy) is 2. The van der Waals surface area contributed by atoms with Gasteiger partial charge < -0.3 is 19.7 Å². The SMILES string of the molecule is COc1ccc(CCC(=O)N(Cc2ccc(Cl)c(Cl)c2)[C@H](C)C(=O)NC2CCCCC2)cc1OC. The van der Waals surface area contributed by atoms with E-state index in [0.717, 1.165) is 36.8 Å². The highest BCUT2D eigenvalue weighted by Gasteiger charge is 2.28. The summed E-state index contributed by atoms with van der Waals surface area (Å²) >= 11 is 12.3. The van der Waals surface area contributed by atoms with Gasteiger partial charge in [0.05, 0.1) is 24.3 Å². The van der Waals surface area contributed by atoms with E-state index in [2.05, 4.69) is 5.32 Å². The molecule has 35 heavy (non-hydrogen) atoms. The number of aryl methyl sites for hydroxylation is 1. The first-order valence-electron chi connectivity index (χ1n) is 12.1. The highest BCUT2D eigenvalue weighted by atomic mass is 35.5. The van der Waals surface area contributed by atoms with Crippen LogP contribution in [-0.2, 0) is 22.6 Å². The van der Waals surface area contributed by atoms with Crippen LogP contribution in [0.4, 0.5) is 0 Å². The lowest BCUT2D eigenvalue weighted by Gasteiger charge is -2.31. The zero-order valence-electron chi connectivity index (χ0n) is 20.6. The molecule has 1 fully saturated rings. The molecule has 0 radical (unpaired) electrons. The monoisotopic (exact) mass is 520 g/mol. The maximum Gasteiger partial charge on any atom is 0.242 e. The van der Waals surface area contributed by atoms with E-state index in [0.29, 0.717) is 28.0 Å². The van der Waals surface area contributed by atoms with Crippen LogP contribution in [0.15, 0.2) is 36.4 Å². The van der Waals surface area contributed by atoms with Crippen molar-refractivity contribution in [2.24, 2.45) is 0 Å². The van der Waals surface area contributed by atoms with E-state index in [-0.39, 0.29) is 30.8 Å². The van der Waals surface area contributed by atoms with Gasteiger partial charge in [0.15, 0.2) is 11.5 Å². The normalized spacial score (nSPS) is 14.8. The van der Waals surface area contributed by atoms with Gasteiger partial charge in [-0.05, 0) is 61.6 Å². The standard InChI is InChI=1S/C27H34Cl2N2O4/c1-18(27(33)30-21-7-5-4-6-8-21)31(17-20-9-12-22(28)23(29)15-20)26(32)14-11-19-10-13-24(34-2)25(16-19)35-3/h9-10,12-13,15-16,18,21H,4-8,11,14,17H2,1-3H3,(H,30,33)/t18-/m1/s1. The molecule has 0 aliphatic heterocycles. The maximum atomic E-state index is 13.4. The first kappa shape index (κ1) is 27.2. The molecular formula is C27H34Cl2N2O4. The molecule has 0 bridgehead atoms. The van der Waals surface area contributed by atoms with E-state index < -0.39 is 6.04 Å². The van der Waals surface area contributed by atoms with Crippen LogP contribution in [0, 0.1) is 0 Å². The van der Waals surface area contributed by atoms with Gasteiger partial charge in [0.1, 0.15) is 6.04 Å².